The Labute approximate surface area is 145 Å². The van der Waals surface area contributed by atoms with Crippen molar-refractivity contribution in [2.75, 3.05) is 44.2 Å². The van der Waals surface area contributed by atoms with Crippen LogP contribution in [0.15, 0.2) is 36.8 Å². The first-order valence-corrected chi connectivity index (χ1v) is 8.24. The third-order valence-corrected chi connectivity index (χ3v) is 4.11. The Bertz CT molecular complexity index is 675. The van der Waals surface area contributed by atoms with Gasteiger partial charge in [-0.25, -0.2) is 9.97 Å². The summed E-state index contributed by atoms with van der Waals surface area (Å²) in [5.41, 5.74) is 0.341. The molecule has 1 aliphatic heterocycles. The molecule has 126 valence electrons. The minimum atomic E-state index is -0.200. The fraction of sp³-hybridized carbons (Fsp3) is 0.375. The van der Waals surface area contributed by atoms with E-state index in [-0.39, 0.29) is 5.91 Å². The molecular formula is C16H19ClN6O. The molecule has 8 heteroatoms. The molecule has 0 atom stereocenters. The summed E-state index contributed by atoms with van der Waals surface area (Å²) in [6.45, 7) is 4.99. The number of hydrogen-bond acceptors (Lipinski definition) is 6. The highest BCUT2D eigenvalue weighted by atomic mass is 35.5. The zero-order valence-corrected chi connectivity index (χ0v) is 14.0. The fourth-order valence-electron chi connectivity index (χ4n) is 2.57. The van der Waals surface area contributed by atoms with Crippen molar-refractivity contribution in [3.8, 4) is 0 Å². The molecule has 1 amide bonds. The minimum absolute atomic E-state index is 0.200. The Hall–Kier alpha value is -2.25. The number of carbonyl (C=O) groups excluding carboxylic acids is 1. The van der Waals surface area contributed by atoms with E-state index >= 15 is 0 Å². The van der Waals surface area contributed by atoms with Gasteiger partial charge in [-0.05, 0) is 18.2 Å². The number of carbonyl (C=O) groups is 1. The number of anilines is 1. The molecule has 3 heterocycles. The monoisotopic (exact) mass is 346 g/mol. The highest BCUT2D eigenvalue weighted by molar-refractivity contribution is 6.30. The molecule has 24 heavy (non-hydrogen) atoms. The summed E-state index contributed by atoms with van der Waals surface area (Å²) in [7, 11) is 0. The van der Waals surface area contributed by atoms with E-state index < -0.39 is 0 Å². The van der Waals surface area contributed by atoms with E-state index in [9.17, 15) is 4.79 Å². The summed E-state index contributed by atoms with van der Waals surface area (Å²) in [5, 5.41) is 3.39. The smallest absolute Gasteiger partial charge is 0.269 e. The molecule has 7 nitrogen and oxygen atoms in total. The minimum Gasteiger partial charge on any atom is -0.349 e. The molecule has 3 rings (SSSR count). The number of hydrogen-bond donors (Lipinski definition) is 1. The van der Waals surface area contributed by atoms with Crippen LogP contribution in [0.5, 0.6) is 0 Å². The molecule has 1 saturated heterocycles. The predicted molar refractivity (Wildman–Crippen MR) is 92.3 cm³/mol. The van der Waals surface area contributed by atoms with Crippen LogP contribution in [0.2, 0.25) is 5.02 Å². The highest BCUT2D eigenvalue weighted by Crippen LogP contribution is 2.09. The molecule has 0 unspecified atom stereocenters. The van der Waals surface area contributed by atoms with E-state index in [1.165, 1.54) is 6.20 Å². The molecule has 2 aromatic heterocycles. The molecule has 1 fully saturated rings. The van der Waals surface area contributed by atoms with E-state index in [0.29, 0.717) is 17.3 Å². The van der Waals surface area contributed by atoms with Crippen molar-refractivity contribution in [2.45, 2.75) is 0 Å². The zero-order valence-electron chi connectivity index (χ0n) is 13.2. The number of nitrogens with one attached hydrogen (secondary N) is 1. The van der Waals surface area contributed by atoms with Gasteiger partial charge in [-0.3, -0.25) is 14.7 Å². The van der Waals surface area contributed by atoms with Gasteiger partial charge in [-0.1, -0.05) is 11.6 Å². The fourth-order valence-corrected chi connectivity index (χ4v) is 2.73. The van der Waals surface area contributed by atoms with Gasteiger partial charge in [0.2, 0.25) is 5.95 Å². The standard InChI is InChI=1S/C16H19ClN6O/c17-13-2-5-18-14(12-13)15(24)19-6-7-22-8-10-23(11-9-22)16-20-3-1-4-21-16/h1-5,12H,6-11H2,(H,19,24). The second kappa shape index (κ2) is 8.03. The maximum atomic E-state index is 12.0. The topological polar surface area (TPSA) is 74.2 Å². The van der Waals surface area contributed by atoms with E-state index in [1.807, 2.05) is 6.07 Å². The average Bonchev–Trinajstić information content (AvgIpc) is 2.63. The quantitative estimate of drug-likeness (QED) is 0.873. The Morgan fingerprint density at radius 1 is 1.12 bits per heavy atom. The molecule has 0 aromatic carbocycles. The Kier molecular flexibility index (Phi) is 5.55. The van der Waals surface area contributed by atoms with Gasteiger partial charge in [0.05, 0.1) is 0 Å². The summed E-state index contributed by atoms with van der Waals surface area (Å²) in [5.74, 6) is 0.575. The second-order valence-electron chi connectivity index (χ2n) is 5.49. The number of halogens is 1. The maximum Gasteiger partial charge on any atom is 0.269 e. The molecule has 0 saturated carbocycles. The van der Waals surface area contributed by atoms with Gasteiger partial charge in [0.1, 0.15) is 5.69 Å². The zero-order chi connectivity index (χ0) is 16.8. The van der Waals surface area contributed by atoms with Crippen molar-refractivity contribution >= 4 is 23.5 Å². The van der Waals surface area contributed by atoms with Crippen molar-refractivity contribution in [3.05, 3.63) is 47.5 Å². The van der Waals surface area contributed by atoms with Crippen LogP contribution >= 0.6 is 11.6 Å². The van der Waals surface area contributed by atoms with Crippen LogP contribution in [0.25, 0.3) is 0 Å². The lowest BCUT2D eigenvalue weighted by molar-refractivity contribution is 0.0943. The Morgan fingerprint density at radius 2 is 1.88 bits per heavy atom. The molecule has 0 bridgehead atoms. The van der Waals surface area contributed by atoms with Gasteiger partial charge in [0.15, 0.2) is 0 Å². The van der Waals surface area contributed by atoms with Gasteiger partial charge < -0.3 is 10.2 Å². The number of pyridine rings is 1. The lowest BCUT2D eigenvalue weighted by Crippen LogP contribution is -2.49. The van der Waals surface area contributed by atoms with Gasteiger partial charge in [0, 0.05) is 62.9 Å². The summed E-state index contributed by atoms with van der Waals surface area (Å²) < 4.78 is 0. The van der Waals surface area contributed by atoms with Crippen molar-refractivity contribution < 1.29 is 4.79 Å². The third-order valence-electron chi connectivity index (χ3n) is 3.88. The van der Waals surface area contributed by atoms with E-state index in [0.717, 1.165) is 38.7 Å². The number of rotatable bonds is 5. The van der Waals surface area contributed by atoms with Crippen LogP contribution in [-0.2, 0) is 0 Å². The molecule has 0 aliphatic carbocycles. The number of amides is 1. The van der Waals surface area contributed by atoms with Gasteiger partial charge in [0.25, 0.3) is 5.91 Å². The van der Waals surface area contributed by atoms with E-state index in [2.05, 4.69) is 30.1 Å². The Morgan fingerprint density at radius 3 is 2.58 bits per heavy atom. The molecule has 0 spiro atoms. The largest absolute Gasteiger partial charge is 0.349 e. The summed E-state index contributed by atoms with van der Waals surface area (Å²) in [6.07, 6.45) is 5.05. The molecular weight excluding hydrogens is 328 g/mol. The molecule has 1 N–H and O–H groups in total. The van der Waals surface area contributed by atoms with Crippen LogP contribution < -0.4 is 10.2 Å². The van der Waals surface area contributed by atoms with Crippen molar-refractivity contribution in [1.82, 2.24) is 25.2 Å². The first-order chi connectivity index (χ1) is 11.7. The first-order valence-electron chi connectivity index (χ1n) is 7.86. The summed E-state index contributed by atoms with van der Waals surface area (Å²) in [4.78, 5) is 29.1. The molecule has 2 aromatic rings. The van der Waals surface area contributed by atoms with E-state index in [1.54, 1.807) is 24.5 Å². The Balaban J connectivity index is 1.40. The van der Waals surface area contributed by atoms with E-state index in [4.69, 9.17) is 11.6 Å². The van der Waals surface area contributed by atoms with Crippen molar-refractivity contribution in [1.29, 1.82) is 0 Å². The summed E-state index contributed by atoms with van der Waals surface area (Å²) >= 11 is 5.87. The number of nitrogens with zero attached hydrogens (tertiary/aromatic N) is 5. The van der Waals surface area contributed by atoms with Crippen molar-refractivity contribution in [2.24, 2.45) is 0 Å². The van der Waals surface area contributed by atoms with Crippen LogP contribution in [0.1, 0.15) is 10.5 Å². The normalized spacial score (nSPS) is 15.3. The van der Waals surface area contributed by atoms with Crippen LogP contribution in [-0.4, -0.2) is 65.0 Å². The SMILES string of the molecule is O=C(NCCN1CCN(c2ncccn2)CC1)c1cc(Cl)ccn1. The average molecular weight is 347 g/mol. The lowest BCUT2D eigenvalue weighted by Gasteiger charge is -2.34. The van der Waals surface area contributed by atoms with Gasteiger partial charge >= 0.3 is 0 Å². The maximum absolute atomic E-state index is 12.0. The number of piperazine rings is 1. The second-order valence-corrected chi connectivity index (χ2v) is 5.93. The van der Waals surface area contributed by atoms with Gasteiger partial charge in [-0.2, -0.15) is 0 Å². The third kappa shape index (κ3) is 4.39. The first kappa shape index (κ1) is 16.6. The highest BCUT2D eigenvalue weighted by Gasteiger charge is 2.18. The molecule has 0 radical (unpaired) electrons. The van der Waals surface area contributed by atoms with Crippen LogP contribution in [0.3, 0.4) is 0 Å². The lowest BCUT2D eigenvalue weighted by atomic mass is 10.3. The molecule has 1 aliphatic rings. The van der Waals surface area contributed by atoms with Gasteiger partial charge in [-0.15, -0.1) is 0 Å². The number of aromatic nitrogens is 3. The van der Waals surface area contributed by atoms with Crippen LogP contribution in [0, 0.1) is 0 Å². The predicted octanol–water partition coefficient (Wildman–Crippen LogP) is 1.08. The van der Waals surface area contributed by atoms with Crippen molar-refractivity contribution in [3.63, 3.8) is 0 Å². The van der Waals surface area contributed by atoms with Crippen LogP contribution in [0.4, 0.5) is 5.95 Å². The summed E-state index contributed by atoms with van der Waals surface area (Å²) in [6, 6.07) is 5.03.